The van der Waals surface area contributed by atoms with Gasteiger partial charge in [0.2, 0.25) is 5.91 Å². The first kappa shape index (κ1) is 23.8. The van der Waals surface area contributed by atoms with E-state index in [-0.39, 0.29) is 30.4 Å². The Balaban J connectivity index is 1.53. The summed E-state index contributed by atoms with van der Waals surface area (Å²) in [4.78, 5) is 31.7. The minimum absolute atomic E-state index is 0.00895. The largest absolute Gasteiger partial charge is 0.497 e. The van der Waals surface area contributed by atoms with Gasteiger partial charge in [-0.2, -0.15) is 0 Å². The molecular formula is C27H30N2O4S. The molecule has 0 bridgehead atoms. The summed E-state index contributed by atoms with van der Waals surface area (Å²) in [6.45, 7) is 4.83. The van der Waals surface area contributed by atoms with Gasteiger partial charge in [-0.1, -0.05) is 24.3 Å². The molecule has 2 heterocycles. The van der Waals surface area contributed by atoms with Crippen molar-refractivity contribution in [1.82, 2.24) is 9.80 Å². The fourth-order valence-electron chi connectivity index (χ4n) is 4.21. The number of carbonyl (C=O) groups is 2. The van der Waals surface area contributed by atoms with Crippen LogP contribution in [0.2, 0.25) is 0 Å². The summed E-state index contributed by atoms with van der Waals surface area (Å²) in [5, 5.41) is 2.07. The van der Waals surface area contributed by atoms with E-state index in [1.54, 1.807) is 47.6 Å². The highest BCUT2D eigenvalue weighted by molar-refractivity contribution is 7.10. The second-order valence-electron chi connectivity index (χ2n) is 8.53. The Hall–Kier alpha value is -3.32. The molecule has 1 aromatic heterocycles. The second kappa shape index (κ2) is 10.7. The van der Waals surface area contributed by atoms with Crippen LogP contribution in [-0.2, 0) is 11.2 Å². The van der Waals surface area contributed by atoms with E-state index in [2.05, 4.69) is 11.4 Å². The van der Waals surface area contributed by atoms with Crippen LogP contribution in [0, 0.1) is 0 Å². The number of benzene rings is 2. The van der Waals surface area contributed by atoms with Crippen molar-refractivity contribution in [1.29, 1.82) is 0 Å². The van der Waals surface area contributed by atoms with Gasteiger partial charge in [-0.05, 0) is 67.6 Å². The van der Waals surface area contributed by atoms with Gasteiger partial charge >= 0.3 is 0 Å². The molecule has 3 aromatic rings. The van der Waals surface area contributed by atoms with Crippen molar-refractivity contribution >= 4 is 23.2 Å². The summed E-state index contributed by atoms with van der Waals surface area (Å²) >= 11 is 1.72. The summed E-state index contributed by atoms with van der Waals surface area (Å²) in [7, 11) is 1.57. The molecule has 0 spiro atoms. The highest BCUT2D eigenvalue weighted by atomic mass is 32.1. The lowest BCUT2D eigenvalue weighted by atomic mass is 10.00. The van der Waals surface area contributed by atoms with Crippen LogP contribution in [0.5, 0.6) is 11.5 Å². The molecule has 7 heteroatoms. The molecule has 1 atom stereocenters. The molecule has 1 unspecified atom stereocenters. The van der Waals surface area contributed by atoms with E-state index in [4.69, 9.17) is 9.47 Å². The number of hydrogen-bond acceptors (Lipinski definition) is 5. The fraction of sp³-hybridized carbons (Fsp3) is 0.333. The number of carbonyl (C=O) groups excluding carboxylic acids is 2. The number of ether oxygens (including phenoxy) is 2. The van der Waals surface area contributed by atoms with Crippen LogP contribution in [0.1, 0.15) is 40.7 Å². The van der Waals surface area contributed by atoms with E-state index >= 15 is 0 Å². The Labute approximate surface area is 204 Å². The summed E-state index contributed by atoms with van der Waals surface area (Å²) in [6, 6.07) is 18.4. The maximum absolute atomic E-state index is 13.6. The van der Waals surface area contributed by atoms with Gasteiger partial charge in [0.25, 0.3) is 5.91 Å². The molecule has 178 valence electrons. The Bertz CT molecular complexity index is 1130. The van der Waals surface area contributed by atoms with Crippen LogP contribution in [0.15, 0.2) is 66.0 Å². The Morgan fingerprint density at radius 1 is 1.09 bits per heavy atom. The van der Waals surface area contributed by atoms with E-state index in [1.807, 2.05) is 49.1 Å². The first-order chi connectivity index (χ1) is 16.5. The molecule has 0 N–H and O–H groups in total. The van der Waals surface area contributed by atoms with Crippen molar-refractivity contribution in [3.05, 3.63) is 82.0 Å². The number of rotatable bonds is 8. The number of nitrogens with zero attached hydrogens (tertiary/aromatic N) is 2. The van der Waals surface area contributed by atoms with Gasteiger partial charge in [0.05, 0.1) is 13.2 Å². The third-order valence-corrected chi connectivity index (χ3v) is 7.07. The summed E-state index contributed by atoms with van der Waals surface area (Å²) < 4.78 is 11.3. The SMILES string of the molecule is COc1cccc(C(=O)N(CC(=O)N2CCc3sccc3C2COc2ccccc2)C(C)C)c1. The molecule has 6 nitrogen and oxygen atoms in total. The zero-order chi connectivity index (χ0) is 24.1. The average molecular weight is 479 g/mol. The predicted molar refractivity (Wildman–Crippen MR) is 134 cm³/mol. The van der Waals surface area contributed by atoms with Gasteiger partial charge in [0.15, 0.2) is 0 Å². The zero-order valence-electron chi connectivity index (χ0n) is 19.8. The molecule has 34 heavy (non-hydrogen) atoms. The number of para-hydroxylation sites is 1. The highest BCUT2D eigenvalue weighted by Crippen LogP contribution is 2.34. The summed E-state index contributed by atoms with van der Waals surface area (Å²) in [5.74, 6) is 1.12. The Morgan fingerprint density at radius 3 is 2.59 bits per heavy atom. The van der Waals surface area contributed by atoms with Crippen molar-refractivity contribution in [2.24, 2.45) is 0 Å². The molecule has 0 saturated heterocycles. The molecule has 0 fully saturated rings. The number of amides is 2. The molecule has 1 aliphatic heterocycles. The molecule has 2 aromatic carbocycles. The topological polar surface area (TPSA) is 59.1 Å². The van der Waals surface area contributed by atoms with Gasteiger partial charge in [-0.25, -0.2) is 0 Å². The Kier molecular flexibility index (Phi) is 7.53. The number of fused-ring (bicyclic) bond motifs is 1. The van der Waals surface area contributed by atoms with Crippen LogP contribution in [0.3, 0.4) is 0 Å². The number of hydrogen-bond donors (Lipinski definition) is 0. The van der Waals surface area contributed by atoms with Crippen LogP contribution in [0.4, 0.5) is 0 Å². The first-order valence-electron chi connectivity index (χ1n) is 11.5. The van der Waals surface area contributed by atoms with E-state index < -0.39 is 0 Å². The van der Waals surface area contributed by atoms with E-state index in [9.17, 15) is 9.59 Å². The predicted octanol–water partition coefficient (Wildman–Crippen LogP) is 4.81. The maximum atomic E-state index is 13.6. The molecule has 0 saturated carbocycles. The normalized spacial score (nSPS) is 15.1. The van der Waals surface area contributed by atoms with Crippen molar-refractivity contribution in [3.63, 3.8) is 0 Å². The minimum Gasteiger partial charge on any atom is -0.497 e. The van der Waals surface area contributed by atoms with E-state index in [1.165, 1.54) is 4.88 Å². The zero-order valence-corrected chi connectivity index (χ0v) is 20.6. The molecular weight excluding hydrogens is 448 g/mol. The fourth-order valence-corrected chi connectivity index (χ4v) is 5.14. The van der Waals surface area contributed by atoms with Gasteiger partial charge in [0.1, 0.15) is 24.7 Å². The van der Waals surface area contributed by atoms with Crippen LogP contribution in [0.25, 0.3) is 0 Å². The van der Waals surface area contributed by atoms with Crippen LogP contribution < -0.4 is 9.47 Å². The summed E-state index contributed by atoms with van der Waals surface area (Å²) in [6.07, 6.45) is 0.812. The summed E-state index contributed by atoms with van der Waals surface area (Å²) in [5.41, 5.74) is 1.64. The third kappa shape index (κ3) is 5.25. The molecule has 2 amide bonds. The lowest BCUT2D eigenvalue weighted by Gasteiger charge is -2.37. The standard InChI is InChI=1S/C27H30N2O4S/c1-19(2)29(27(31)20-8-7-11-22(16-20)32-3)17-26(30)28-14-12-25-23(13-15-34-25)24(28)18-33-21-9-5-4-6-10-21/h4-11,13,15-16,19,24H,12,14,17-18H2,1-3H3. The smallest absolute Gasteiger partial charge is 0.254 e. The molecule has 1 aliphatic rings. The van der Waals surface area contributed by atoms with Gasteiger partial charge in [-0.15, -0.1) is 11.3 Å². The Morgan fingerprint density at radius 2 is 1.85 bits per heavy atom. The van der Waals surface area contributed by atoms with Gasteiger partial charge < -0.3 is 19.3 Å². The van der Waals surface area contributed by atoms with E-state index in [0.29, 0.717) is 24.5 Å². The van der Waals surface area contributed by atoms with Crippen LogP contribution >= 0.6 is 11.3 Å². The van der Waals surface area contributed by atoms with Crippen LogP contribution in [-0.4, -0.2) is 54.5 Å². The number of methoxy groups -OCH3 is 1. The van der Waals surface area contributed by atoms with E-state index in [0.717, 1.165) is 17.7 Å². The molecule has 0 aliphatic carbocycles. The second-order valence-corrected chi connectivity index (χ2v) is 9.54. The lowest BCUT2D eigenvalue weighted by Crippen LogP contribution is -2.49. The van der Waals surface area contributed by atoms with Crippen molar-refractivity contribution in [3.8, 4) is 11.5 Å². The highest BCUT2D eigenvalue weighted by Gasteiger charge is 2.34. The van der Waals surface area contributed by atoms with Crippen molar-refractivity contribution < 1.29 is 19.1 Å². The van der Waals surface area contributed by atoms with Gasteiger partial charge in [-0.3, -0.25) is 9.59 Å². The molecule has 4 rings (SSSR count). The molecule has 0 radical (unpaired) electrons. The lowest BCUT2D eigenvalue weighted by molar-refractivity contribution is -0.136. The monoisotopic (exact) mass is 478 g/mol. The number of thiophene rings is 1. The minimum atomic E-state index is -0.191. The average Bonchev–Trinajstić information content (AvgIpc) is 3.35. The third-order valence-electron chi connectivity index (χ3n) is 6.07. The quantitative estimate of drug-likeness (QED) is 0.466. The van der Waals surface area contributed by atoms with Crippen molar-refractivity contribution in [2.45, 2.75) is 32.4 Å². The first-order valence-corrected chi connectivity index (χ1v) is 12.3. The van der Waals surface area contributed by atoms with Crippen molar-refractivity contribution in [2.75, 3.05) is 26.8 Å². The maximum Gasteiger partial charge on any atom is 0.254 e. The van der Waals surface area contributed by atoms with Gasteiger partial charge in [0, 0.05) is 23.0 Å².